The molecular weight excluding hydrogens is 288 g/mol. The van der Waals surface area contributed by atoms with E-state index in [1.807, 2.05) is 60.7 Å². The van der Waals surface area contributed by atoms with Gasteiger partial charge in [-0.2, -0.15) is 0 Å². The first-order valence-corrected chi connectivity index (χ1v) is 8.09. The second-order valence-corrected chi connectivity index (χ2v) is 6.04. The molecule has 0 radical (unpaired) electrons. The molecule has 120 valence electrons. The van der Waals surface area contributed by atoms with Crippen LogP contribution < -0.4 is 0 Å². The highest BCUT2D eigenvalue weighted by Crippen LogP contribution is 2.31. The molecular formula is C20H22O3. The third kappa shape index (κ3) is 4.50. The first kappa shape index (κ1) is 15.9. The lowest BCUT2D eigenvalue weighted by Crippen LogP contribution is -2.42. The molecule has 2 atom stereocenters. The largest absolute Gasteiger partial charge is 0.376 e. The molecule has 3 nitrogen and oxygen atoms in total. The van der Waals surface area contributed by atoms with Gasteiger partial charge < -0.3 is 9.47 Å². The Bertz CT molecular complexity index is 609. The average Bonchev–Trinajstić information content (AvgIpc) is 2.60. The quantitative estimate of drug-likeness (QED) is 0.747. The van der Waals surface area contributed by atoms with Gasteiger partial charge in [0.15, 0.2) is 0 Å². The fraction of sp³-hybridized carbons (Fsp3) is 0.350. The van der Waals surface area contributed by atoms with E-state index < -0.39 is 0 Å². The van der Waals surface area contributed by atoms with E-state index in [0.717, 1.165) is 11.1 Å². The molecule has 0 bridgehead atoms. The Labute approximate surface area is 137 Å². The van der Waals surface area contributed by atoms with Gasteiger partial charge in [-0.1, -0.05) is 60.7 Å². The van der Waals surface area contributed by atoms with Crippen LogP contribution >= 0.6 is 0 Å². The summed E-state index contributed by atoms with van der Waals surface area (Å²) in [6, 6.07) is 20.1. The third-order valence-electron chi connectivity index (χ3n) is 4.30. The topological polar surface area (TPSA) is 35.5 Å². The van der Waals surface area contributed by atoms with Gasteiger partial charge in [0.1, 0.15) is 5.78 Å². The van der Waals surface area contributed by atoms with Crippen molar-refractivity contribution in [2.45, 2.75) is 19.6 Å². The van der Waals surface area contributed by atoms with E-state index in [1.54, 1.807) is 0 Å². The predicted octanol–water partition coefficient (Wildman–Crippen LogP) is 3.63. The van der Waals surface area contributed by atoms with Crippen molar-refractivity contribution in [1.82, 2.24) is 0 Å². The summed E-state index contributed by atoms with van der Waals surface area (Å²) >= 11 is 0. The van der Waals surface area contributed by atoms with E-state index in [4.69, 9.17) is 9.47 Å². The van der Waals surface area contributed by atoms with Crippen LogP contribution in [-0.2, 0) is 27.5 Å². The number of benzene rings is 2. The van der Waals surface area contributed by atoms with Crippen LogP contribution in [0.5, 0.6) is 0 Å². The van der Waals surface area contributed by atoms with Crippen molar-refractivity contribution < 1.29 is 14.3 Å². The zero-order valence-corrected chi connectivity index (χ0v) is 13.2. The highest BCUT2D eigenvalue weighted by atomic mass is 16.5. The summed E-state index contributed by atoms with van der Waals surface area (Å²) in [7, 11) is 0. The molecule has 1 fully saturated rings. The molecule has 0 amide bonds. The molecule has 0 heterocycles. The zero-order chi connectivity index (χ0) is 15.9. The molecule has 1 unspecified atom stereocenters. The fourth-order valence-electron chi connectivity index (χ4n) is 2.84. The highest BCUT2D eigenvalue weighted by molar-refractivity contribution is 5.87. The van der Waals surface area contributed by atoms with Gasteiger partial charge in [-0.25, -0.2) is 0 Å². The second kappa shape index (κ2) is 8.04. The van der Waals surface area contributed by atoms with E-state index in [9.17, 15) is 4.79 Å². The Balaban J connectivity index is 1.38. The number of hydrogen-bond donors (Lipinski definition) is 0. The Morgan fingerprint density at radius 1 is 0.783 bits per heavy atom. The van der Waals surface area contributed by atoms with Crippen LogP contribution in [0.3, 0.4) is 0 Å². The van der Waals surface area contributed by atoms with Gasteiger partial charge in [0, 0.05) is 18.3 Å². The highest BCUT2D eigenvalue weighted by Gasteiger charge is 2.39. The van der Waals surface area contributed by atoms with Crippen molar-refractivity contribution in [3.63, 3.8) is 0 Å². The van der Waals surface area contributed by atoms with Crippen LogP contribution in [0, 0.1) is 11.8 Å². The number of carbonyl (C=O) groups is 1. The maximum Gasteiger partial charge on any atom is 0.139 e. The van der Waals surface area contributed by atoms with E-state index in [-0.39, 0.29) is 5.92 Å². The fourth-order valence-corrected chi connectivity index (χ4v) is 2.84. The van der Waals surface area contributed by atoms with Crippen LogP contribution in [0.4, 0.5) is 0 Å². The standard InChI is InChI=1S/C20H22O3/c21-20-11-18(14-22-12-16-7-3-1-4-8-16)19(20)15-23-13-17-9-5-2-6-10-17/h1-10,18-19H,11-15H2/t18?,19-/m0/s1. The van der Waals surface area contributed by atoms with Crippen molar-refractivity contribution >= 4 is 5.78 Å². The SMILES string of the molecule is O=C1CC(COCc2ccccc2)[C@@H]1COCc1ccccc1. The summed E-state index contributed by atoms with van der Waals surface area (Å²) in [5.41, 5.74) is 2.30. The zero-order valence-electron chi connectivity index (χ0n) is 13.2. The molecule has 1 aliphatic carbocycles. The van der Waals surface area contributed by atoms with Crippen LogP contribution in [0.2, 0.25) is 0 Å². The summed E-state index contributed by atoms with van der Waals surface area (Å²) in [6.45, 7) is 2.28. The molecule has 0 saturated heterocycles. The number of Topliss-reactive ketones (excluding diaryl/α,β-unsaturated/α-hetero) is 1. The molecule has 3 heteroatoms. The summed E-state index contributed by atoms with van der Waals surface area (Å²) in [6.07, 6.45) is 0.619. The van der Waals surface area contributed by atoms with E-state index in [0.29, 0.717) is 44.5 Å². The molecule has 3 rings (SSSR count). The Morgan fingerprint density at radius 2 is 1.30 bits per heavy atom. The molecule has 0 spiro atoms. The number of ketones is 1. The predicted molar refractivity (Wildman–Crippen MR) is 88.8 cm³/mol. The number of hydrogen-bond acceptors (Lipinski definition) is 3. The molecule has 1 saturated carbocycles. The van der Waals surface area contributed by atoms with Crippen molar-refractivity contribution in [2.24, 2.45) is 11.8 Å². The maximum absolute atomic E-state index is 11.8. The minimum absolute atomic E-state index is 0.00511. The van der Waals surface area contributed by atoms with Gasteiger partial charge in [0.25, 0.3) is 0 Å². The van der Waals surface area contributed by atoms with Crippen molar-refractivity contribution in [1.29, 1.82) is 0 Å². The average molecular weight is 310 g/mol. The first-order valence-electron chi connectivity index (χ1n) is 8.09. The van der Waals surface area contributed by atoms with E-state index in [2.05, 4.69) is 0 Å². The molecule has 2 aromatic carbocycles. The molecule has 2 aromatic rings. The van der Waals surface area contributed by atoms with Crippen LogP contribution in [0.1, 0.15) is 17.5 Å². The lowest BCUT2D eigenvalue weighted by Gasteiger charge is -2.34. The second-order valence-electron chi connectivity index (χ2n) is 6.04. The Kier molecular flexibility index (Phi) is 5.56. The third-order valence-corrected chi connectivity index (χ3v) is 4.30. The molecule has 0 aromatic heterocycles. The van der Waals surface area contributed by atoms with Crippen LogP contribution in [0.25, 0.3) is 0 Å². The van der Waals surface area contributed by atoms with E-state index >= 15 is 0 Å². The monoisotopic (exact) mass is 310 g/mol. The lowest BCUT2D eigenvalue weighted by atomic mass is 9.73. The van der Waals surface area contributed by atoms with Gasteiger partial charge >= 0.3 is 0 Å². The number of carbonyl (C=O) groups excluding carboxylic acids is 1. The van der Waals surface area contributed by atoms with Gasteiger partial charge in [-0.05, 0) is 11.1 Å². The van der Waals surface area contributed by atoms with Gasteiger partial charge in [-0.15, -0.1) is 0 Å². The van der Waals surface area contributed by atoms with Crippen molar-refractivity contribution in [2.75, 3.05) is 13.2 Å². The summed E-state index contributed by atoms with van der Waals surface area (Å²) in [5, 5.41) is 0. The molecule has 23 heavy (non-hydrogen) atoms. The van der Waals surface area contributed by atoms with Gasteiger partial charge in [0.05, 0.1) is 26.4 Å². The van der Waals surface area contributed by atoms with Gasteiger partial charge in [-0.3, -0.25) is 4.79 Å². The number of rotatable bonds is 8. The first-order chi connectivity index (χ1) is 11.3. The number of ether oxygens (including phenoxy) is 2. The normalized spacial score (nSPS) is 20.3. The maximum atomic E-state index is 11.8. The minimum atomic E-state index is -0.00511. The van der Waals surface area contributed by atoms with Crippen LogP contribution in [-0.4, -0.2) is 19.0 Å². The Morgan fingerprint density at radius 3 is 1.83 bits per heavy atom. The molecule has 1 aliphatic rings. The lowest BCUT2D eigenvalue weighted by molar-refractivity contribution is -0.141. The summed E-state index contributed by atoms with van der Waals surface area (Å²) in [4.78, 5) is 11.8. The van der Waals surface area contributed by atoms with Crippen LogP contribution in [0.15, 0.2) is 60.7 Å². The minimum Gasteiger partial charge on any atom is -0.376 e. The molecule has 0 aliphatic heterocycles. The molecule has 0 N–H and O–H groups in total. The van der Waals surface area contributed by atoms with Gasteiger partial charge in [0.2, 0.25) is 0 Å². The smallest absolute Gasteiger partial charge is 0.139 e. The van der Waals surface area contributed by atoms with Crippen molar-refractivity contribution in [3.8, 4) is 0 Å². The summed E-state index contributed by atoms with van der Waals surface area (Å²) < 4.78 is 11.5. The summed E-state index contributed by atoms with van der Waals surface area (Å²) in [5.74, 6) is 0.586. The Hall–Kier alpha value is -1.97. The van der Waals surface area contributed by atoms with Crippen molar-refractivity contribution in [3.05, 3.63) is 71.8 Å². The van der Waals surface area contributed by atoms with E-state index in [1.165, 1.54) is 0 Å².